The fourth-order valence-corrected chi connectivity index (χ4v) is 3.80. The Morgan fingerprint density at radius 3 is 2.74 bits per heavy atom. The van der Waals surface area contributed by atoms with E-state index in [0.717, 1.165) is 61.9 Å². The highest BCUT2D eigenvalue weighted by Gasteiger charge is 2.26. The quantitative estimate of drug-likeness (QED) is 0.912. The van der Waals surface area contributed by atoms with Crippen molar-refractivity contribution < 1.29 is 9.90 Å². The lowest BCUT2D eigenvalue weighted by atomic mass is 10.0. The Hall–Kier alpha value is -1.81. The van der Waals surface area contributed by atoms with Crippen molar-refractivity contribution in [1.29, 1.82) is 0 Å². The van der Waals surface area contributed by atoms with E-state index in [1.807, 2.05) is 13.0 Å². The van der Waals surface area contributed by atoms with Crippen molar-refractivity contribution in [2.75, 3.05) is 13.1 Å². The molecule has 1 aromatic carbocycles. The van der Waals surface area contributed by atoms with E-state index in [1.54, 1.807) is 0 Å². The number of aromatic nitrogens is 1. The third-order valence-corrected chi connectivity index (χ3v) is 5.10. The number of carboxylic acid groups (broad SMARTS) is 1. The van der Waals surface area contributed by atoms with Gasteiger partial charge < -0.3 is 9.67 Å². The van der Waals surface area contributed by atoms with Crippen molar-refractivity contribution in [3.8, 4) is 0 Å². The largest absolute Gasteiger partial charge is 0.478 e. The molecule has 1 aliphatic rings. The maximum absolute atomic E-state index is 11.9. The summed E-state index contributed by atoms with van der Waals surface area (Å²) in [5.74, 6) is -0.812. The van der Waals surface area contributed by atoms with Crippen LogP contribution >= 0.6 is 0 Å². The SMILES string of the molecule is CCCCn1c2c(c3ccc(C)c(C(=O)O)c31)CN(CC)CC2. The molecule has 1 N–H and O–H groups in total. The highest BCUT2D eigenvalue weighted by atomic mass is 16.4. The second kappa shape index (κ2) is 6.36. The Morgan fingerprint density at radius 2 is 2.09 bits per heavy atom. The van der Waals surface area contributed by atoms with Crippen LogP contribution in [0.4, 0.5) is 0 Å². The molecule has 4 heteroatoms. The highest BCUT2D eigenvalue weighted by Crippen LogP contribution is 2.34. The first-order valence-corrected chi connectivity index (χ1v) is 8.67. The fraction of sp³-hybridized carbons (Fsp3) is 0.526. The molecule has 0 saturated heterocycles. The normalized spacial score (nSPS) is 15.1. The zero-order valence-corrected chi connectivity index (χ0v) is 14.4. The van der Waals surface area contributed by atoms with Crippen LogP contribution in [0, 0.1) is 6.92 Å². The number of carboxylic acids is 1. The third kappa shape index (κ3) is 2.65. The van der Waals surface area contributed by atoms with Crippen LogP contribution in [0.1, 0.15) is 53.9 Å². The van der Waals surface area contributed by atoms with Gasteiger partial charge in [-0.3, -0.25) is 4.90 Å². The second-order valence-electron chi connectivity index (χ2n) is 6.51. The first kappa shape index (κ1) is 16.1. The average molecular weight is 314 g/mol. The van der Waals surface area contributed by atoms with Crippen molar-refractivity contribution in [3.63, 3.8) is 0 Å². The minimum atomic E-state index is -0.812. The van der Waals surface area contributed by atoms with Gasteiger partial charge in [-0.25, -0.2) is 4.79 Å². The van der Waals surface area contributed by atoms with Crippen LogP contribution in [-0.2, 0) is 19.5 Å². The van der Waals surface area contributed by atoms with Gasteiger partial charge in [-0.1, -0.05) is 32.4 Å². The van der Waals surface area contributed by atoms with Gasteiger partial charge in [-0.05, 0) is 31.0 Å². The summed E-state index contributed by atoms with van der Waals surface area (Å²) in [5.41, 5.74) is 4.97. The Kier molecular flexibility index (Phi) is 4.44. The third-order valence-electron chi connectivity index (χ3n) is 5.10. The van der Waals surface area contributed by atoms with Gasteiger partial charge in [0.2, 0.25) is 0 Å². The zero-order valence-electron chi connectivity index (χ0n) is 14.4. The Balaban J connectivity index is 2.28. The van der Waals surface area contributed by atoms with Gasteiger partial charge >= 0.3 is 5.97 Å². The predicted molar refractivity (Wildman–Crippen MR) is 93.2 cm³/mol. The Morgan fingerprint density at radius 1 is 1.30 bits per heavy atom. The minimum Gasteiger partial charge on any atom is -0.478 e. The predicted octanol–water partition coefficient (Wildman–Crippen LogP) is 3.83. The Bertz CT molecular complexity index is 746. The molecule has 0 bridgehead atoms. The number of aromatic carboxylic acids is 1. The van der Waals surface area contributed by atoms with Crippen molar-refractivity contribution in [2.24, 2.45) is 0 Å². The van der Waals surface area contributed by atoms with Crippen molar-refractivity contribution in [3.05, 3.63) is 34.5 Å². The lowest BCUT2D eigenvalue weighted by Gasteiger charge is -2.26. The van der Waals surface area contributed by atoms with Crippen molar-refractivity contribution >= 4 is 16.9 Å². The number of hydrogen-bond donors (Lipinski definition) is 1. The molecular formula is C19H26N2O2. The molecular weight excluding hydrogens is 288 g/mol. The van der Waals surface area contributed by atoms with Gasteiger partial charge in [0.15, 0.2) is 0 Å². The molecule has 0 amide bonds. The number of fused-ring (bicyclic) bond motifs is 3. The van der Waals surface area contributed by atoms with E-state index in [2.05, 4.69) is 29.4 Å². The molecule has 0 saturated carbocycles. The lowest BCUT2D eigenvalue weighted by molar-refractivity contribution is 0.0698. The molecule has 0 radical (unpaired) electrons. The maximum Gasteiger partial charge on any atom is 0.338 e. The molecule has 2 aromatic rings. The molecule has 0 atom stereocenters. The number of unbranched alkanes of at least 4 members (excludes halogenated alkanes) is 1. The fourth-order valence-electron chi connectivity index (χ4n) is 3.80. The van der Waals surface area contributed by atoms with Crippen LogP contribution in [0.2, 0.25) is 0 Å². The van der Waals surface area contributed by atoms with Crippen LogP contribution in [0.15, 0.2) is 12.1 Å². The van der Waals surface area contributed by atoms with Gasteiger partial charge in [0.05, 0.1) is 11.1 Å². The van der Waals surface area contributed by atoms with Crippen molar-refractivity contribution in [2.45, 2.75) is 53.1 Å². The van der Waals surface area contributed by atoms with Crippen LogP contribution < -0.4 is 0 Å². The summed E-state index contributed by atoms with van der Waals surface area (Å²) in [5, 5.41) is 10.9. The number of rotatable bonds is 5. The molecule has 0 fully saturated rings. The summed E-state index contributed by atoms with van der Waals surface area (Å²) >= 11 is 0. The van der Waals surface area contributed by atoms with E-state index < -0.39 is 5.97 Å². The molecule has 3 rings (SSSR count). The van der Waals surface area contributed by atoms with Gasteiger partial charge in [0.1, 0.15) is 0 Å². The van der Waals surface area contributed by atoms with E-state index in [9.17, 15) is 9.90 Å². The molecule has 4 nitrogen and oxygen atoms in total. The molecule has 1 aromatic heterocycles. The van der Waals surface area contributed by atoms with Crippen LogP contribution in [0.5, 0.6) is 0 Å². The number of aryl methyl sites for hydroxylation is 2. The van der Waals surface area contributed by atoms with Gasteiger partial charge in [-0.2, -0.15) is 0 Å². The molecule has 0 unspecified atom stereocenters. The van der Waals surface area contributed by atoms with E-state index >= 15 is 0 Å². The molecule has 23 heavy (non-hydrogen) atoms. The highest BCUT2D eigenvalue weighted by molar-refractivity contribution is 6.05. The summed E-state index contributed by atoms with van der Waals surface area (Å²) in [6.45, 7) is 10.2. The van der Waals surface area contributed by atoms with E-state index in [-0.39, 0.29) is 0 Å². The maximum atomic E-state index is 11.9. The molecule has 0 aliphatic carbocycles. The van der Waals surface area contributed by atoms with E-state index in [1.165, 1.54) is 11.3 Å². The molecule has 2 heterocycles. The number of likely N-dealkylation sites (N-methyl/N-ethyl adjacent to an activating group) is 1. The van der Waals surface area contributed by atoms with E-state index in [4.69, 9.17) is 0 Å². The summed E-state index contributed by atoms with van der Waals surface area (Å²) < 4.78 is 2.30. The smallest absolute Gasteiger partial charge is 0.338 e. The topological polar surface area (TPSA) is 45.5 Å². The van der Waals surface area contributed by atoms with Gasteiger partial charge in [-0.15, -0.1) is 0 Å². The summed E-state index contributed by atoms with van der Waals surface area (Å²) in [6.07, 6.45) is 3.21. The molecule has 124 valence electrons. The van der Waals surface area contributed by atoms with Gasteiger partial charge in [0, 0.05) is 37.1 Å². The summed E-state index contributed by atoms with van der Waals surface area (Å²) in [7, 11) is 0. The summed E-state index contributed by atoms with van der Waals surface area (Å²) in [6, 6.07) is 4.08. The first-order chi connectivity index (χ1) is 11.1. The summed E-state index contributed by atoms with van der Waals surface area (Å²) in [4.78, 5) is 14.3. The lowest BCUT2D eigenvalue weighted by Crippen LogP contribution is -2.30. The van der Waals surface area contributed by atoms with Gasteiger partial charge in [0.25, 0.3) is 0 Å². The number of benzene rings is 1. The standard InChI is InChI=1S/C19H26N2O2/c1-4-6-10-21-16-9-11-20(5-2)12-15(16)14-8-7-13(3)17(18(14)21)19(22)23/h7-8H,4-6,9-12H2,1-3H3,(H,22,23). The first-order valence-electron chi connectivity index (χ1n) is 8.67. The zero-order chi connectivity index (χ0) is 16.6. The number of nitrogens with zero attached hydrogens (tertiary/aromatic N) is 2. The molecule has 0 spiro atoms. The molecule has 1 aliphatic heterocycles. The van der Waals surface area contributed by atoms with E-state index in [0.29, 0.717) is 5.56 Å². The van der Waals surface area contributed by atoms with Crippen LogP contribution in [-0.4, -0.2) is 33.6 Å². The monoisotopic (exact) mass is 314 g/mol. The van der Waals surface area contributed by atoms with Crippen LogP contribution in [0.25, 0.3) is 10.9 Å². The number of carbonyl (C=O) groups is 1. The average Bonchev–Trinajstić information content (AvgIpc) is 2.85. The van der Waals surface area contributed by atoms with Crippen molar-refractivity contribution in [1.82, 2.24) is 9.47 Å². The van der Waals surface area contributed by atoms with Crippen LogP contribution in [0.3, 0.4) is 0 Å². The number of hydrogen-bond acceptors (Lipinski definition) is 2. The minimum absolute atomic E-state index is 0.482. The second-order valence-corrected chi connectivity index (χ2v) is 6.51. The Labute approximate surface area is 137 Å².